The minimum atomic E-state index is -6.56. The maximum absolute atomic E-state index is 14.9. The molecule has 0 saturated carbocycles. The van der Waals surface area contributed by atoms with E-state index in [2.05, 4.69) is 0 Å². The number of methoxy groups -OCH3 is 1. The summed E-state index contributed by atoms with van der Waals surface area (Å²) in [6.45, 7) is 0.313. The predicted octanol–water partition coefficient (Wildman–Crippen LogP) is 7.26. The minimum Gasteiger partial charge on any atom is -0.380 e. The number of ether oxygens (including phenoxy) is 1. The molecule has 1 nitrogen and oxygen atoms in total. The first-order chi connectivity index (χ1) is 13.9. The van der Waals surface area contributed by atoms with Crippen molar-refractivity contribution >= 4 is 0 Å². The molecule has 0 aliphatic carbocycles. The van der Waals surface area contributed by atoms with Gasteiger partial charge in [-0.1, -0.05) is 17.7 Å². The topological polar surface area (TPSA) is 9.23 Å². The molecule has 0 atom stereocenters. The zero-order valence-electron chi connectivity index (χ0n) is 15.7. The van der Waals surface area contributed by atoms with E-state index in [1.54, 1.807) is 0 Å². The van der Waals surface area contributed by atoms with Gasteiger partial charge in [0.05, 0.1) is 12.2 Å². The van der Waals surface area contributed by atoms with E-state index in [0.717, 1.165) is 20.1 Å². The number of hydrogen-bond donors (Lipinski definition) is 0. The van der Waals surface area contributed by atoms with E-state index in [1.165, 1.54) is 0 Å². The molecule has 0 bridgehead atoms. The summed E-state index contributed by atoms with van der Waals surface area (Å²) in [6, 6.07) is 1.64. The molecule has 0 radical (unpaired) electrons. The van der Waals surface area contributed by atoms with Gasteiger partial charge in [-0.15, -0.1) is 0 Å². The lowest BCUT2D eigenvalue weighted by atomic mass is 9.82. The second kappa shape index (κ2) is 7.95. The summed E-state index contributed by atoms with van der Waals surface area (Å²) in [7, 11) is 0.991. The Morgan fingerprint density at radius 2 is 1.35 bits per heavy atom. The molecule has 2 aromatic rings. The molecular weight excluding hydrogens is 453 g/mol. The SMILES string of the molecule is COCc1cc(C)cc(C(F)(C(F)(F)F)C(F)(F)F)c1-c1cc(C(F)(F)F)ccc1F. The van der Waals surface area contributed by atoms with E-state index in [9.17, 15) is 48.3 Å². The highest BCUT2D eigenvalue weighted by Gasteiger charge is 2.74. The van der Waals surface area contributed by atoms with Crippen molar-refractivity contribution in [2.75, 3.05) is 7.11 Å². The minimum absolute atomic E-state index is 0.0236. The smallest absolute Gasteiger partial charge is 0.380 e. The van der Waals surface area contributed by atoms with Crippen molar-refractivity contribution in [2.24, 2.45) is 0 Å². The van der Waals surface area contributed by atoms with E-state index >= 15 is 0 Å². The molecule has 0 aliphatic heterocycles. The maximum Gasteiger partial charge on any atom is 0.435 e. The van der Waals surface area contributed by atoms with E-state index in [4.69, 9.17) is 4.74 Å². The van der Waals surface area contributed by atoms with Crippen molar-refractivity contribution in [2.45, 2.75) is 37.7 Å². The number of rotatable bonds is 4. The third kappa shape index (κ3) is 4.48. The summed E-state index contributed by atoms with van der Waals surface area (Å²) in [4.78, 5) is 0. The molecular formula is C19H13F11O. The third-order valence-corrected chi connectivity index (χ3v) is 4.38. The first kappa shape index (κ1) is 24.9. The summed E-state index contributed by atoms with van der Waals surface area (Å²) in [6.07, 6.45) is -18.2. The molecule has 0 unspecified atom stereocenters. The molecule has 0 fully saturated rings. The fourth-order valence-electron chi connectivity index (χ4n) is 3.08. The molecule has 0 amide bonds. The highest BCUT2D eigenvalue weighted by atomic mass is 19.4. The number of aryl methyl sites for hydroxylation is 1. The molecule has 2 aromatic carbocycles. The Labute approximate surface area is 168 Å². The van der Waals surface area contributed by atoms with Crippen molar-refractivity contribution in [3.05, 3.63) is 58.4 Å². The van der Waals surface area contributed by atoms with Gasteiger partial charge in [-0.3, -0.25) is 0 Å². The van der Waals surface area contributed by atoms with E-state index in [-0.39, 0.29) is 29.8 Å². The zero-order valence-corrected chi connectivity index (χ0v) is 15.7. The molecule has 0 saturated heterocycles. The summed E-state index contributed by atoms with van der Waals surface area (Å²) >= 11 is 0. The molecule has 0 spiro atoms. The van der Waals surface area contributed by atoms with Crippen LogP contribution in [-0.4, -0.2) is 19.5 Å². The van der Waals surface area contributed by atoms with Gasteiger partial charge >= 0.3 is 24.2 Å². The van der Waals surface area contributed by atoms with Crippen LogP contribution in [0.2, 0.25) is 0 Å². The van der Waals surface area contributed by atoms with Crippen LogP contribution in [0.3, 0.4) is 0 Å². The molecule has 2 rings (SSSR count). The standard InChI is InChI=1S/C19H13F11O/c1-9-5-10(8-31-2)15(12-7-11(17(22,23)24)3-4-14(12)20)13(6-9)16(21,18(25,26)27)19(28,29)30/h3-7H,8H2,1-2H3. The molecule has 12 heteroatoms. The average molecular weight is 466 g/mol. The van der Waals surface area contributed by atoms with Crippen molar-refractivity contribution in [3.8, 4) is 11.1 Å². The van der Waals surface area contributed by atoms with Crippen LogP contribution in [0.15, 0.2) is 30.3 Å². The van der Waals surface area contributed by atoms with Gasteiger partial charge in [0.1, 0.15) is 5.82 Å². The highest BCUT2D eigenvalue weighted by molar-refractivity contribution is 5.74. The summed E-state index contributed by atoms with van der Waals surface area (Å²) < 4.78 is 154. The Bertz CT molecular complexity index is 941. The van der Waals surface area contributed by atoms with Gasteiger partial charge in [0.25, 0.3) is 0 Å². The first-order valence-electron chi connectivity index (χ1n) is 8.27. The number of benzene rings is 2. The van der Waals surface area contributed by atoms with Crippen LogP contribution < -0.4 is 0 Å². The second-order valence-corrected chi connectivity index (χ2v) is 6.63. The lowest BCUT2D eigenvalue weighted by Crippen LogP contribution is -2.50. The van der Waals surface area contributed by atoms with Crippen LogP contribution in [0, 0.1) is 12.7 Å². The second-order valence-electron chi connectivity index (χ2n) is 6.63. The zero-order chi connectivity index (χ0) is 24.0. The first-order valence-corrected chi connectivity index (χ1v) is 8.27. The van der Waals surface area contributed by atoms with Gasteiger partial charge in [0.2, 0.25) is 0 Å². The van der Waals surface area contributed by atoms with Crippen LogP contribution >= 0.6 is 0 Å². The van der Waals surface area contributed by atoms with Crippen molar-refractivity contribution in [3.63, 3.8) is 0 Å². The summed E-state index contributed by atoms with van der Waals surface area (Å²) in [5.41, 5.74) is -13.1. The molecule has 31 heavy (non-hydrogen) atoms. The lowest BCUT2D eigenvalue weighted by molar-refractivity contribution is -0.348. The van der Waals surface area contributed by atoms with Crippen molar-refractivity contribution < 1.29 is 53.0 Å². The van der Waals surface area contributed by atoms with E-state index < -0.39 is 64.4 Å². The quantitative estimate of drug-likeness (QED) is 0.431. The normalized spacial score (nSPS) is 13.6. The highest BCUT2D eigenvalue weighted by Crippen LogP contribution is 2.56. The molecule has 0 aromatic heterocycles. The Balaban J connectivity index is 3.08. The van der Waals surface area contributed by atoms with E-state index in [1.807, 2.05) is 0 Å². The predicted molar refractivity (Wildman–Crippen MR) is 87.2 cm³/mol. The fourth-order valence-corrected chi connectivity index (χ4v) is 3.08. The van der Waals surface area contributed by atoms with Gasteiger partial charge in [-0.2, -0.15) is 39.5 Å². The molecule has 0 N–H and O–H groups in total. The Hall–Kier alpha value is -2.37. The monoisotopic (exact) mass is 466 g/mol. The molecule has 0 heterocycles. The summed E-state index contributed by atoms with van der Waals surface area (Å²) in [5.74, 6) is -1.58. The van der Waals surface area contributed by atoms with Crippen LogP contribution in [0.25, 0.3) is 11.1 Å². The third-order valence-electron chi connectivity index (χ3n) is 4.38. The Morgan fingerprint density at radius 1 is 0.806 bits per heavy atom. The van der Waals surface area contributed by atoms with Gasteiger partial charge in [0, 0.05) is 18.2 Å². The average Bonchev–Trinajstić information content (AvgIpc) is 2.58. The van der Waals surface area contributed by atoms with Gasteiger partial charge in [-0.25, -0.2) is 8.78 Å². The van der Waals surface area contributed by atoms with Gasteiger partial charge < -0.3 is 4.74 Å². The number of hydrogen-bond acceptors (Lipinski definition) is 1. The summed E-state index contributed by atoms with van der Waals surface area (Å²) in [5, 5.41) is 0. The van der Waals surface area contributed by atoms with Crippen LogP contribution in [-0.2, 0) is 23.2 Å². The van der Waals surface area contributed by atoms with Crippen molar-refractivity contribution in [1.82, 2.24) is 0 Å². The maximum atomic E-state index is 14.9. The Morgan fingerprint density at radius 3 is 1.81 bits per heavy atom. The van der Waals surface area contributed by atoms with Crippen LogP contribution in [0.4, 0.5) is 48.3 Å². The number of alkyl halides is 10. The van der Waals surface area contributed by atoms with Crippen LogP contribution in [0.5, 0.6) is 0 Å². The van der Waals surface area contributed by atoms with E-state index in [0.29, 0.717) is 0 Å². The molecule has 0 aliphatic rings. The fraction of sp³-hybridized carbons (Fsp3) is 0.368. The number of halogens is 11. The van der Waals surface area contributed by atoms with Crippen LogP contribution in [0.1, 0.15) is 22.3 Å². The lowest BCUT2D eigenvalue weighted by Gasteiger charge is -2.33. The van der Waals surface area contributed by atoms with Gasteiger partial charge in [-0.05, 0) is 36.2 Å². The van der Waals surface area contributed by atoms with Crippen molar-refractivity contribution in [1.29, 1.82) is 0 Å². The Kier molecular flexibility index (Phi) is 6.39. The van der Waals surface area contributed by atoms with Gasteiger partial charge in [0.15, 0.2) is 0 Å². The largest absolute Gasteiger partial charge is 0.435 e. The molecule has 172 valence electrons.